The van der Waals surface area contributed by atoms with E-state index in [1.54, 1.807) is 6.20 Å². The summed E-state index contributed by atoms with van der Waals surface area (Å²) in [4.78, 5) is 28.9. The van der Waals surface area contributed by atoms with E-state index in [-0.39, 0.29) is 36.7 Å². The average Bonchev–Trinajstić information content (AvgIpc) is 3.02. The van der Waals surface area contributed by atoms with Gasteiger partial charge in [0, 0.05) is 22.5 Å². The van der Waals surface area contributed by atoms with E-state index in [9.17, 15) is 9.59 Å². The molecule has 148 valence electrons. The van der Waals surface area contributed by atoms with Gasteiger partial charge in [0.05, 0.1) is 12.6 Å². The second-order valence-electron chi connectivity index (χ2n) is 6.43. The van der Waals surface area contributed by atoms with Crippen LogP contribution >= 0.6 is 35.3 Å². The Morgan fingerprint density at radius 3 is 2.67 bits per heavy atom. The molecule has 0 aliphatic carbocycles. The summed E-state index contributed by atoms with van der Waals surface area (Å²) in [5, 5.41) is 6.43. The van der Waals surface area contributed by atoms with Crippen LogP contribution in [-0.4, -0.2) is 29.4 Å². The van der Waals surface area contributed by atoms with Gasteiger partial charge in [-0.25, -0.2) is 4.98 Å². The molecule has 0 radical (unpaired) electrons. The molecule has 6 nitrogen and oxygen atoms in total. The van der Waals surface area contributed by atoms with Gasteiger partial charge in [0.15, 0.2) is 5.13 Å². The minimum absolute atomic E-state index is 0. The molecule has 1 aromatic heterocycles. The highest BCUT2D eigenvalue weighted by molar-refractivity contribution is 7.15. The lowest BCUT2D eigenvalue weighted by atomic mass is 10.1. The van der Waals surface area contributed by atoms with Gasteiger partial charge < -0.3 is 16.4 Å². The number of nitrogens with two attached hydrogens (primary N) is 1. The van der Waals surface area contributed by atoms with Gasteiger partial charge in [-0.3, -0.25) is 9.59 Å². The Labute approximate surface area is 174 Å². The monoisotopic (exact) mass is 430 g/mol. The van der Waals surface area contributed by atoms with Crippen molar-refractivity contribution in [1.29, 1.82) is 0 Å². The standard InChI is InChI=1S/C18H23ClN4O2S.ClH/c1-10(2)16(20)17(25)21-9-15(24)23-18-22-8-13(26-18)6-12-5-4-11(3)14(19)7-12;/h4-5,7-8,10,16H,6,9,20H2,1-3H3,(H,21,25)(H,22,23,24);1H/t16-;/m0./s1. The number of aromatic nitrogens is 1. The van der Waals surface area contributed by atoms with Gasteiger partial charge in [0.2, 0.25) is 11.8 Å². The summed E-state index contributed by atoms with van der Waals surface area (Å²) in [5.41, 5.74) is 7.85. The van der Waals surface area contributed by atoms with Crippen LogP contribution in [-0.2, 0) is 16.0 Å². The summed E-state index contributed by atoms with van der Waals surface area (Å²) in [7, 11) is 0. The molecule has 9 heteroatoms. The predicted octanol–water partition coefficient (Wildman–Crippen LogP) is 3.16. The fraction of sp³-hybridized carbons (Fsp3) is 0.389. The maximum absolute atomic E-state index is 11.9. The van der Waals surface area contributed by atoms with Crippen molar-refractivity contribution >= 4 is 52.3 Å². The molecule has 1 heterocycles. The van der Waals surface area contributed by atoms with E-state index in [4.69, 9.17) is 17.3 Å². The molecule has 2 rings (SSSR count). The lowest BCUT2D eigenvalue weighted by Gasteiger charge is -2.14. The van der Waals surface area contributed by atoms with Gasteiger partial charge in [0.25, 0.3) is 0 Å². The van der Waals surface area contributed by atoms with E-state index < -0.39 is 6.04 Å². The first-order valence-corrected chi connectivity index (χ1v) is 9.48. The fourth-order valence-electron chi connectivity index (χ4n) is 2.15. The van der Waals surface area contributed by atoms with E-state index in [0.717, 1.165) is 21.0 Å². The highest BCUT2D eigenvalue weighted by atomic mass is 35.5. The second kappa shape index (κ2) is 10.6. The fourth-order valence-corrected chi connectivity index (χ4v) is 3.21. The van der Waals surface area contributed by atoms with Crippen molar-refractivity contribution < 1.29 is 9.59 Å². The van der Waals surface area contributed by atoms with Gasteiger partial charge in [0.1, 0.15) is 0 Å². The van der Waals surface area contributed by atoms with E-state index in [0.29, 0.717) is 11.6 Å². The van der Waals surface area contributed by atoms with E-state index in [1.165, 1.54) is 11.3 Å². The van der Waals surface area contributed by atoms with E-state index in [2.05, 4.69) is 15.6 Å². The molecule has 0 aliphatic rings. The largest absolute Gasteiger partial charge is 0.346 e. The van der Waals surface area contributed by atoms with Crippen molar-refractivity contribution in [1.82, 2.24) is 10.3 Å². The lowest BCUT2D eigenvalue weighted by Crippen LogP contribution is -2.46. The van der Waals surface area contributed by atoms with Crippen LogP contribution in [0.25, 0.3) is 0 Å². The molecule has 4 N–H and O–H groups in total. The topological polar surface area (TPSA) is 97.1 Å². The lowest BCUT2D eigenvalue weighted by molar-refractivity contribution is -0.125. The highest BCUT2D eigenvalue weighted by Gasteiger charge is 2.18. The molecule has 0 saturated heterocycles. The molecule has 1 aromatic carbocycles. The molecule has 0 unspecified atom stereocenters. The summed E-state index contributed by atoms with van der Waals surface area (Å²) in [5.74, 6) is -0.672. The highest BCUT2D eigenvalue weighted by Crippen LogP contribution is 2.23. The summed E-state index contributed by atoms with van der Waals surface area (Å²) in [6.45, 7) is 5.52. The summed E-state index contributed by atoms with van der Waals surface area (Å²) in [6.07, 6.45) is 2.41. The number of benzene rings is 1. The van der Waals surface area contributed by atoms with Gasteiger partial charge in [-0.1, -0.05) is 37.6 Å². The molecule has 0 aliphatic heterocycles. The van der Waals surface area contributed by atoms with Crippen molar-refractivity contribution in [2.45, 2.75) is 33.2 Å². The normalized spacial score (nSPS) is 11.6. The van der Waals surface area contributed by atoms with Crippen molar-refractivity contribution in [3.05, 3.63) is 45.4 Å². The minimum atomic E-state index is -0.629. The number of halogens is 2. The Morgan fingerprint density at radius 1 is 1.33 bits per heavy atom. The van der Waals surface area contributed by atoms with Crippen LogP contribution < -0.4 is 16.4 Å². The third-order valence-corrected chi connectivity index (χ3v) is 5.18. The van der Waals surface area contributed by atoms with Crippen LogP contribution in [0.5, 0.6) is 0 Å². The van der Waals surface area contributed by atoms with Gasteiger partial charge in [-0.15, -0.1) is 23.7 Å². The Hall–Kier alpha value is -1.67. The number of hydrogen-bond donors (Lipinski definition) is 3. The Balaban J connectivity index is 0.00000364. The quantitative estimate of drug-likeness (QED) is 0.628. The van der Waals surface area contributed by atoms with Gasteiger partial charge in [-0.05, 0) is 30.0 Å². The van der Waals surface area contributed by atoms with Crippen LogP contribution in [0.4, 0.5) is 5.13 Å². The molecule has 2 amide bonds. The molecule has 0 fully saturated rings. The smallest absolute Gasteiger partial charge is 0.245 e. The molecule has 2 aromatic rings. The first-order valence-electron chi connectivity index (χ1n) is 8.29. The third-order valence-electron chi connectivity index (χ3n) is 3.86. The maximum atomic E-state index is 11.9. The summed E-state index contributed by atoms with van der Waals surface area (Å²) < 4.78 is 0. The molecular weight excluding hydrogens is 407 g/mol. The Kier molecular flexibility index (Phi) is 9.18. The first kappa shape index (κ1) is 23.4. The first-order chi connectivity index (χ1) is 12.3. The average molecular weight is 431 g/mol. The number of carbonyl (C=O) groups is 2. The number of anilines is 1. The minimum Gasteiger partial charge on any atom is -0.346 e. The SMILES string of the molecule is Cc1ccc(Cc2cnc(NC(=O)CNC(=O)[C@@H](N)C(C)C)s2)cc1Cl.Cl. The number of carbonyl (C=O) groups excluding carboxylic acids is 2. The number of amides is 2. The third kappa shape index (κ3) is 7.10. The number of aryl methyl sites for hydroxylation is 1. The molecule has 0 saturated carbocycles. The predicted molar refractivity (Wildman–Crippen MR) is 113 cm³/mol. The molecule has 27 heavy (non-hydrogen) atoms. The van der Waals surface area contributed by atoms with Gasteiger partial charge >= 0.3 is 0 Å². The Morgan fingerprint density at radius 2 is 2.04 bits per heavy atom. The number of nitrogens with one attached hydrogen (secondary N) is 2. The van der Waals surface area contributed by atoms with Crippen LogP contribution in [0.2, 0.25) is 5.02 Å². The summed E-state index contributed by atoms with van der Waals surface area (Å²) in [6, 6.07) is 5.30. The zero-order valence-corrected chi connectivity index (χ0v) is 17.8. The number of thiazole rings is 1. The van der Waals surface area contributed by atoms with Crippen molar-refractivity contribution in [2.75, 3.05) is 11.9 Å². The number of nitrogens with zero attached hydrogens (tertiary/aromatic N) is 1. The summed E-state index contributed by atoms with van der Waals surface area (Å²) >= 11 is 7.53. The zero-order valence-electron chi connectivity index (χ0n) is 15.4. The number of hydrogen-bond acceptors (Lipinski definition) is 5. The molecule has 0 spiro atoms. The molecule has 1 atom stereocenters. The van der Waals surface area contributed by atoms with Crippen LogP contribution in [0.1, 0.15) is 29.9 Å². The van der Waals surface area contributed by atoms with Crippen LogP contribution in [0.3, 0.4) is 0 Å². The van der Waals surface area contributed by atoms with Crippen molar-refractivity contribution in [2.24, 2.45) is 11.7 Å². The maximum Gasteiger partial charge on any atom is 0.245 e. The Bertz CT molecular complexity index is 795. The van der Waals surface area contributed by atoms with E-state index >= 15 is 0 Å². The van der Waals surface area contributed by atoms with Crippen LogP contribution in [0, 0.1) is 12.8 Å². The number of rotatable bonds is 7. The van der Waals surface area contributed by atoms with Crippen molar-refractivity contribution in [3.8, 4) is 0 Å². The molecule has 0 bridgehead atoms. The second-order valence-corrected chi connectivity index (χ2v) is 7.95. The van der Waals surface area contributed by atoms with Crippen LogP contribution in [0.15, 0.2) is 24.4 Å². The van der Waals surface area contributed by atoms with E-state index in [1.807, 2.05) is 39.0 Å². The zero-order chi connectivity index (χ0) is 19.3. The van der Waals surface area contributed by atoms with Gasteiger partial charge in [-0.2, -0.15) is 0 Å². The van der Waals surface area contributed by atoms with Crippen molar-refractivity contribution in [3.63, 3.8) is 0 Å². The molecular formula is C18H24Cl2N4O2S.